The highest BCUT2D eigenvalue weighted by Gasteiger charge is 2.19. The van der Waals surface area contributed by atoms with E-state index < -0.39 is 21.8 Å². The fourth-order valence-electron chi connectivity index (χ4n) is 1.69. The Morgan fingerprint density at radius 3 is 2.15 bits per heavy atom. The SMILES string of the molecule is C=CS(=O)(=O)OC(=C)C(=O)Oc1c(C)cc(C)cc1C. The van der Waals surface area contributed by atoms with Gasteiger partial charge in [-0.1, -0.05) is 24.3 Å². The molecule has 0 heterocycles. The Kier molecular flexibility index (Phi) is 4.73. The first-order chi connectivity index (χ1) is 9.16. The quantitative estimate of drug-likeness (QED) is 0.274. The lowest BCUT2D eigenvalue weighted by molar-refractivity contribution is -0.132. The molecule has 1 rings (SSSR count). The Morgan fingerprint density at radius 2 is 1.70 bits per heavy atom. The van der Waals surface area contributed by atoms with Crippen LogP contribution in [0.4, 0.5) is 0 Å². The zero-order chi connectivity index (χ0) is 15.5. The van der Waals surface area contributed by atoms with Crippen LogP contribution in [0.15, 0.2) is 36.5 Å². The summed E-state index contributed by atoms with van der Waals surface area (Å²) in [6.45, 7) is 11.8. The molecule has 0 saturated carbocycles. The van der Waals surface area contributed by atoms with Crippen LogP contribution in [0.25, 0.3) is 0 Å². The van der Waals surface area contributed by atoms with Crippen LogP contribution in [0.2, 0.25) is 0 Å². The van der Waals surface area contributed by atoms with Crippen molar-refractivity contribution in [2.24, 2.45) is 0 Å². The molecule has 0 saturated heterocycles. The van der Waals surface area contributed by atoms with Gasteiger partial charge in [0.2, 0.25) is 5.76 Å². The van der Waals surface area contributed by atoms with Gasteiger partial charge in [0.05, 0.1) is 5.41 Å². The van der Waals surface area contributed by atoms with Crippen molar-refractivity contribution in [3.63, 3.8) is 0 Å². The van der Waals surface area contributed by atoms with Crippen molar-refractivity contribution in [1.29, 1.82) is 0 Å². The topological polar surface area (TPSA) is 69.7 Å². The van der Waals surface area contributed by atoms with Crippen LogP contribution in [0, 0.1) is 20.8 Å². The summed E-state index contributed by atoms with van der Waals surface area (Å²) in [5, 5.41) is 0.577. The second-order valence-electron chi connectivity index (χ2n) is 4.28. The van der Waals surface area contributed by atoms with Gasteiger partial charge in [0, 0.05) is 0 Å². The highest BCUT2D eigenvalue weighted by Crippen LogP contribution is 2.25. The molecule has 0 bridgehead atoms. The number of aryl methyl sites for hydroxylation is 3. The number of carbonyl (C=O) groups is 1. The molecule has 0 unspecified atom stereocenters. The lowest BCUT2D eigenvalue weighted by Gasteiger charge is -2.12. The van der Waals surface area contributed by atoms with Crippen molar-refractivity contribution in [2.75, 3.05) is 0 Å². The standard InChI is InChI=1S/C14H16O5S/c1-6-20(16,17)19-12(5)14(15)18-13-10(3)7-9(2)8-11(13)4/h6-8H,1,5H2,2-4H3. The maximum absolute atomic E-state index is 11.7. The number of rotatable bonds is 5. The maximum Gasteiger partial charge on any atom is 0.380 e. The Labute approximate surface area is 118 Å². The molecule has 20 heavy (non-hydrogen) atoms. The van der Waals surface area contributed by atoms with E-state index in [1.165, 1.54) is 0 Å². The minimum Gasteiger partial charge on any atom is -0.420 e. The van der Waals surface area contributed by atoms with Gasteiger partial charge >= 0.3 is 16.1 Å². The lowest BCUT2D eigenvalue weighted by atomic mass is 10.1. The first-order valence-corrected chi connectivity index (χ1v) is 7.19. The minimum atomic E-state index is -4.02. The lowest BCUT2D eigenvalue weighted by Crippen LogP contribution is -2.16. The average Bonchev–Trinajstić information content (AvgIpc) is 2.32. The van der Waals surface area contributed by atoms with Crippen LogP contribution in [-0.4, -0.2) is 14.4 Å². The summed E-state index contributed by atoms with van der Waals surface area (Å²) in [5.74, 6) is -1.23. The van der Waals surface area contributed by atoms with Gasteiger partial charge in [-0.3, -0.25) is 0 Å². The number of carbonyl (C=O) groups excluding carboxylic acids is 1. The highest BCUT2D eigenvalue weighted by molar-refractivity contribution is 7.89. The van der Waals surface area contributed by atoms with Gasteiger partial charge in [0.1, 0.15) is 5.75 Å². The highest BCUT2D eigenvalue weighted by atomic mass is 32.2. The Balaban J connectivity index is 2.92. The molecular formula is C14H16O5S. The van der Waals surface area contributed by atoms with Crippen LogP contribution < -0.4 is 4.74 Å². The van der Waals surface area contributed by atoms with Gasteiger partial charge in [0.25, 0.3) is 0 Å². The van der Waals surface area contributed by atoms with E-state index in [0.717, 1.165) is 16.7 Å². The maximum atomic E-state index is 11.7. The first-order valence-electron chi connectivity index (χ1n) is 5.72. The van der Waals surface area contributed by atoms with E-state index in [9.17, 15) is 13.2 Å². The number of ether oxygens (including phenoxy) is 1. The fraction of sp³-hybridized carbons (Fsp3) is 0.214. The van der Waals surface area contributed by atoms with Crippen LogP contribution >= 0.6 is 0 Å². The zero-order valence-electron chi connectivity index (χ0n) is 11.6. The Morgan fingerprint density at radius 1 is 1.20 bits per heavy atom. The van der Waals surface area contributed by atoms with Crippen molar-refractivity contribution in [3.05, 3.63) is 53.1 Å². The molecule has 5 nitrogen and oxygen atoms in total. The van der Waals surface area contributed by atoms with Gasteiger partial charge in [-0.25, -0.2) is 4.79 Å². The fourth-order valence-corrected chi connectivity index (χ4v) is 2.10. The number of benzene rings is 1. The molecule has 6 heteroatoms. The molecule has 0 aliphatic rings. The Bertz CT molecular complexity index is 648. The van der Waals surface area contributed by atoms with E-state index in [-0.39, 0.29) is 0 Å². The molecule has 0 radical (unpaired) electrons. The molecule has 0 amide bonds. The first kappa shape index (κ1) is 16.0. The molecule has 1 aromatic rings. The second-order valence-corrected chi connectivity index (χ2v) is 5.77. The Hall–Kier alpha value is -2.08. The van der Waals surface area contributed by atoms with Gasteiger partial charge in [-0.15, -0.1) is 0 Å². The van der Waals surface area contributed by atoms with Gasteiger partial charge < -0.3 is 8.92 Å². The molecule has 1 aromatic carbocycles. The van der Waals surface area contributed by atoms with Crippen molar-refractivity contribution >= 4 is 16.1 Å². The van der Waals surface area contributed by atoms with Crippen molar-refractivity contribution in [3.8, 4) is 5.75 Å². The zero-order valence-corrected chi connectivity index (χ0v) is 12.4. The number of hydrogen-bond donors (Lipinski definition) is 0. The average molecular weight is 296 g/mol. The monoisotopic (exact) mass is 296 g/mol. The van der Waals surface area contributed by atoms with Crippen LogP contribution in [0.3, 0.4) is 0 Å². The summed E-state index contributed by atoms with van der Waals surface area (Å²) >= 11 is 0. The van der Waals surface area contributed by atoms with E-state index in [2.05, 4.69) is 17.3 Å². The molecule has 0 aliphatic carbocycles. The molecule has 0 atom stereocenters. The van der Waals surface area contributed by atoms with Gasteiger partial charge in [0.15, 0.2) is 0 Å². The summed E-state index contributed by atoms with van der Waals surface area (Å²) in [5.41, 5.74) is 2.55. The molecule has 0 spiro atoms. The molecule has 0 aliphatic heterocycles. The van der Waals surface area contributed by atoms with Gasteiger partial charge in [-0.05, 0) is 38.5 Å². The van der Waals surface area contributed by atoms with Gasteiger partial charge in [-0.2, -0.15) is 8.42 Å². The number of hydrogen-bond acceptors (Lipinski definition) is 5. The van der Waals surface area contributed by atoms with Crippen molar-refractivity contribution < 1.29 is 22.1 Å². The molecule has 0 fully saturated rings. The third-order valence-electron chi connectivity index (χ3n) is 2.45. The van der Waals surface area contributed by atoms with Crippen molar-refractivity contribution in [2.45, 2.75) is 20.8 Å². The van der Waals surface area contributed by atoms with E-state index in [0.29, 0.717) is 11.2 Å². The summed E-state index contributed by atoms with van der Waals surface area (Å²) in [7, 11) is -4.02. The summed E-state index contributed by atoms with van der Waals surface area (Å²) in [4.78, 5) is 11.7. The van der Waals surface area contributed by atoms with Crippen LogP contribution in [-0.2, 0) is 19.1 Å². The number of esters is 1. The predicted molar refractivity (Wildman–Crippen MR) is 75.6 cm³/mol. The molecule has 108 valence electrons. The molecular weight excluding hydrogens is 280 g/mol. The summed E-state index contributed by atoms with van der Waals surface area (Å²) < 4.78 is 31.8. The predicted octanol–water partition coefficient (Wildman–Crippen LogP) is 2.52. The van der Waals surface area contributed by atoms with Crippen LogP contribution in [0.5, 0.6) is 5.75 Å². The largest absolute Gasteiger partial charge is 0.420 e. The smallest absolute Gasteiger partial charge is 0.380 e. The van der Waals surface area contributed by atoms with E-state index in [1.54, 1.807) is 13.8 Å². The normalized spacial score (nSPS) is 10.8. The van der Waals surface area contributed by atoms with Crippen LogP contribution in [0.1, 0.15) is 16.7 Å². The summed E-state index contributed by atoms with van der Waals surface area (Å²) in [6, 6.07) is 3.69. The van der Waals surface area contributed by atoms with E-state index in [4.69, 9.17) is 4.74 Å². The van der Waals surface area contributed by atoms with E-state index in [1.807, 2.05) is 19.1 Å². The third-order valence-corrected chi connectivity index (χ3v) is 3.29. The minimum absolute atomic E-state index is 0.362. The second kappa shape index (κ2) is 5.92. The van der Waals surface area contributed by atoms with Crippen molar-refractivity contribution in [1.82, 2.24) is 0 Å². The summed E-state index contributed by atoms with van der Waals surface area (Å²) in [6.07, 6.45) is 0. The molecule has 0 N–H and O–H groups in total. The molecule has 0 aromatic heterocycles. The van der Waals surface area contributed by atoms with E-state index >= 15 is 0 Å². The third kappa shape index (κ3) is 3.96.